The first-order valence-electron chi connectivity index (χ1n) is 8.04. The lowest BCUT2D eigenvalue weighted by Crippen LogP contribution is -2.34. The van der Waals surface area contributed by atoms with Gasteiger partial charge in [-0.1, -0.05) is 28.9 Å². The first-order chi connectivity index (χ1) is 11.8. The number of aromatic nitrogens is 1. The number of amides is 1. The molecule has 0 fully saturated rings. The van der Waals surface area contributed by atoms with E-state index in [-0.39, 0.29) is 11.8 Å². The maximum atomic E-state index is 12.5. The van der Waals surface area contributed by atoms with Crippen molar-refractivity contribution in [3.8, 4) is 11.6 Å². The summed E-state index contributed by atoms with van der Waals surface area (Å²) in [6.07, 6.45) is 2.17. The molecule has 1 heterocycles. The summed E-state index contributed by atoms with van der Waals surface area (Å²) in [5.74, 6) is 0.940. The van der Waals surface area contributed by atoms with Crippen LogP contribution in [0.2, 0.25) is 0 Å². The van der Waals surface area contributed by atoms with Crippen molar-refractivity contribution in [1.82, 2.24) is 4.98 Å². The first-order valence-corrected chi connectivity index (χ1v) is 8.84. The van der Waals surface area contributed by atoms with Gasteiger partial charge in [-0.3, -0.25) is 4.79 Å². The summed E-state index contributed by atoms with van der Waals surface area (Å²) < 4.78 is 12.1. The van der Waals surface area contributed by atoms with Gasteiger partial charge in [0.1, 0.15) is 11.4 Å². The van der Waals surface area contributed by atoms with E-state index in [1.807, 2.05) is 45.0 Å². The van der Waals surface area contributed by atoms with E-state index < -0.39 is 5.60 Å². The zero-order valence-corrected chi connectivity index (χ0v) is 16.5. The van der Waals surface area contributed by atoms with Crippen LogP contribution in [0.25, 0.3) is 0 Å². The summed E-state index contributed by atoms with van der Waals surface area (Å²) in [7, 11) is 1.54. The number of halogens is 1. The van der Waals surface area contributed by atoms with Gasteiger partial charge in [-0.25, -0.2) is 4.98 Å². The molecule has 0 bridgehead atoms. The van der Waals surface area contributed by atoms with Crippen LogP contribution in [0, 0.1) is 5.92 Å². The Morgan fingerprint density at radius 3 is 2.76 bits per heavy atom. The van der Waals surface area contributed by atoms with E-state index in [1.165, 1.54) is 0 Å². The predicted octanol–water partition coefficient (Wildman–Crippen LogP) is 4.68. The molecule has 6 heteroatoms. The third-order valence-electron chi connectivity index (χ3n) is 3.65. The predicted molar refractivity (Wildman–Crippen MR) is 102 cm³/mol. The number of benzene rings is 1. The van der Waals surface area contributed by atoms with E-state index >= 15 is 0 Å². The minimum absolute atomic E-state index is 0.0702. The van der Waals surface area contributed by atoms with Crippen LogP contribution in [0.5, 0.6) is 11.6 Å². The summed E-state index contributed by atoms with van der Waals surface area (Å²) in [6.45, 7) is 5.85. The number of carbonyl (C=O) groups is 1. The summed E-state index contributed by atoms with van der Waals surface area (Å²) in [4.78, 5) is 16.5. The molecule has 0 radical (unpaired) electrons. The zero-order valence-electron chi connectivity index (χ0n) is 14.9. The molecule has 0 spiro atoms. The average molecular weight is 407 g/mol. The number of hydrogen-bond acceptors (Lipinski definition) is 4. The highest BCUT2D eigenvalue weighted by Crippen LogP contribution is 2.27. The standard InChI is InChI=1S/C19H23BrN2O3/c1-13(18(23)22-15-8-9-21-17(11-15)24-4)12-19(2,3)25-16-7-5-6-14(20)10-16/h5-11,13H,12H2,1-4H3,(H,21,22,23). The molecule has 0 saturated heterocycles. The molecule has 0 aliphatic carbocycles. The first kappa shape index (κ1) is 19.2. The summed E-state index contributed by atoms with van der Waals surface area (Å²) in [5.41, 5.74) is 0.183. The number of nitrogens with one attached hydrogen (secondary N) is 1. The van der Waals surface area contributed by atoms with Crippen molar-refractivity contribution >= 4 is 27.5 Å². The monoisotopic (exact) mass is 406 g/mol. The van der Waals surface area contributed by atoms with Crippen molar-refractivity contribution in [3.63, 3.8) is 0 Å². The Morgan fingerprint density at radius 2 is 2.08 bits per heavy atom. The molecule has 1 aromatic heterocycles. The van der Waals surface area contributed by atoms with E-state index in [1.54, 1.807) is 25.4 Å². The third-order valence-corrected chi connectivity index (χ3v) is 4.14. The molecular formula is C19H23BrN2O3. The molecular weight excluding hydrogens is 384 g/mol. The number of nitrogens with zero attached hydrogens (tertiary/aromatic N) is 1. The molecule has 134 valence electrons. The molecule has 1 N–H and O–H groups in total. The second-order valence-corrected chi connectivity index (χ2v) is 7.42. The quantitative estimate of drug-likeness (QED) is 0.725. The fourth-order valence-corrected chi connectivity index (χ4v) is 2.96. The van der Waals surface area contributed by atoms with Crippen LogP contribution in [0.4, 0.5) is 5.69 Å². The number of hydrogen-bond donors (Lipinski definition) is 1. The minimum atomic E-state index is -0.479. The van der Waals surface area contributed by atoms with E-state index in [9.17, 15) is 4.79 Å². The number of methoxy groups -OCH3 is 1. The molecule has 25 heavy (non-hydrogen) atoms. The molecule has 1 aromatic carbocycles. The molecule has 0 saturated carbocycles. The SMILES string of the molecule is COc1cc(NC(=O)C(C)CC(C)(C)Oc2cccc(Br)c2)ccn1. The Kier molecular flexibility index (Phi) is 6.42. The van der Waals surface area contributed by atoms with Gasteiger partial charge in [-0.2, -0.15) is 0 Å². The Labute approximate surface area is 156 Å². The summed E-state index contributed by atoms with van der Waals surface area (Å²) >= 11 is 3.43. The lowest BCUT2D eigenvalue weighted by Gasteiger charge is -2.29. The second kappa shape index (κ2) is 8.34. The Bertz CT molecular complexity index is 734. The van der Waals surface area contributed by atoms with Gasteiger partial charge in [0.05, 0.1) is 7.11 Å². The molecule has 1 amide bonds. The molecule has 2 aromatic rings. The highest BCUT2D eigenvalue weighted by Gasteiger charge is 2.27. The summed E-state index contributed by atoms with van der Waals surface area (Å²) in [5, 5.41) is 2.89. The third kappa shape index (κ3) is 6.05. The van der Waals surface area contributed by atoms with Crippen LogP contribution < -0.4 is 14.8 Å². The number of rotatable bonds is 7. The number of carbonyl (C=O) groups excluding carboxylic acids is 1. The normalized spacial score (nSPS) is 12.4. The fourth-order valence-electron chi connectivity index (χ4n) is 2.59. The molecule has 1 unspecified atom stereocenters. The molecule has 2 rings (SSSR count). The Hall–Kier alpha value is -2.08. The average Bonchev–Trinajstić information content (AvgIpc) is 2.54. The lowest BCUT2D eigenvalue weighted by atomic mass is 9.94. The highest BCUT2D eigenvalue weighted by molar-refractivity contribution is 9.10. The van der Waals surface area contributed by atoms with Crippen LogP contribution in [0.3, 0.4) is 0 Å². The van der Waals surface area contributed by atoms with Crippen LogP contribution in [-0.4, -0.2) is 23.6 Å². The van der Waals surface area contributed by atoms with Crippen molar-refractivity contribution in [3.05, 3.63) is 47.1 Å². The fraction of sp³-hybridized carbons (Fsp3) is 0.368. The van der Waals surface area contributed by atoms with Crippen LogP contribution in [-0.2, 0) is 4.79 Å². The minimum Gasteiger partial charge on any atom is -0.488 e. The van der Waals surface area contributed by atoms with Gasteiger partial charge in [0.2, 0.25) is 11.8 Å². The largest absolute Gasteiger partial charge is 0.488 e. The van der Waals surface area contributed by atoms with Crippen molar-refractivity contribution in [2.75, 3.05) is 12.4 Å². The number of pyridine rings is 1. The van der Waals surface area contributed by atoms with Crippen molar-refractivity contribution in [2.24, 2.45) is 5.92 Å². The van der Waals surface area contributed by atoms with Crippen molar-refractivity contribution in [1.29, 1.82) is 0 Å². The van der Waals surface area contributed by atoms with E-state index in [0.717, 1.165) is 10.2 Å². The number of ether oxygens (including phenoxy) is 2. The maximum absolute atomic E-state index is 12.5. The van der Waals surface area contributed by atoms with E-state index in [2.05, 4.69) is 26.2 Å². The van der Waals surface area contributed by atoms with E-state index in [4.69, 9.17) is 9.47 Å². The Balaban J connectivity index is 1.96. The topological polar surface area (TPSA) is 60.5 Å². The van der Waals surface area contributed by atoms with Gasteiger partial charge >= 0.3 is 0 Å². The second-order valence-electron chi connectivity index (χ2n) is 6.50. The number of anilines is 1. The highest BCUT2D eigenvalue weighted by atomic mass is 79.9. The van der Waals surface area contributed by atoms with Gasteiger partial charge in [-0.05, 0) is 44.5 Å². The smallest absolute Gasteiger partial charge is 0.227 e. The molecule has 5 nitrogen and oxygen atoms in total. The van der Waals surface area contributed by atoms with Gasteiger partial charge in [0.25, 0.3) is 0 Å². The van der Waals surface area contributed by atoms with Crippen molar-refractivity contribution in [2.45, 2.75) is 32.8 Å². The van der Waals surface area contributed by atoms with Gasteiger partial charge in [-0.15, -0.1) is 0 Å². The van der Waals surface area contributed by atoms with Crippen molar-refractivity contribution < 1.29 is 14.3 Å². The summed E-state index contributed by atoms with van der Waals surface area (Å²) in [6, 6.07) is 11.1. The van der Waals surface area contributed by atoms with Gasteiger partial charge in [0.15, 0.2) is 0 Å². The maximum Gasteiger partial charge on any atom is 0.227 e. The van der Waals surface area contributed by atoms with Crippen LogP contribution in [0.15, 0.2) is 47.1 Å². The van der Waals surface area contributed by atoms with Gasteiger partial charge < -0.3 is 14.8 Å². The van der Waals surface area contributed by atoms with Crippen LogP contribution in [0.1, 0.15) is 27.2 Å². The lowest BCUT2D eigenvalue weighted by molar-refractivity contribution is -0.120. The van der Waals surface area contributed by atoms with Crippen LogP contribution >= 0.6 is 15.9 Å². The Morgan fingerprint density at radius 1 is 1.32 bits per heavy atom. The molecule has 1 atom stereocenters. The van der Waals surface area contributed by atoms with E-state index in [0.29, 0.717) is 18.0 Å². The molecule has 0 aliphatic heterocycles. The molecule has 0 aliphatic rings. The van der Waals surface area contributed by atoms with Gasteiger partial charge in [0, 0.05) is 28.3 Å². The zero-order chi connectivity index (χ0) is 18.4.